The average Bonchev–Trinajstić information content (AvgIpc) is 3.11. The van der Waals surface area contributed by atoms with Crippen molar-refractivity contribution < 1.29 is 19.0 Å². The third-order valence-corrected chi connectivity index (χ3v) is 6.27. The maximum atomic E-state index is 12.4. The third-order valence-electron chi connectivity index (χ3n) is 6.27. The number of allylic oxidation sites excluding steroid dienone is 1. The second-order valence-corrected chi connectivity index (χ2v) is 7.98. The monoisotopic (exact) mass is 356 g/mol. The number of ether oxygens (including phenoxy) is 3. The molecule has 4 aliphatic rings. The predicted octanol–water partition coefficient (Wildman–Crippen LogP) is 2.47. The zero-order valence-electron chi connectivity index (χ0n) is 15.2. The molecule has 2 aliphatic heterocycles. The number of likely N-dealkylation sites (N-methyl/N-ethyl adjacent to an activating group) is 1. The summed E-state index contributed by atoms with van der Waals surface area (Å²) in [5.41, 5.74) is 1.13. The van der Waals surface area contributed by atoms with E-state index in [-0.39, 0.29) is 12.1 Å². The normalized spacial score (nSPS) is 34.7. The molecule has 0 radical (unpaired) electrons. The molecule has 0 aromatic carbocycles. The minimum atomic E-state index is -0.572. The zero-order chi connectivity index (χ0) is 17.9. The Bertz CT molecular complexity index is 792. The Balaban J connectivity index is 1.43. The predicted molar refractivity (Wildman–Crippen MR) is 95.0 cm³/mol. The van der Waals surface area contributed by atoms with E-state index in [1.807, 2.05) is 19.3 Å². The van der Waals surface area contributed by atoms with Crippen LogP contribution in [-0.4, -0.2) is 42.9 Å². The Kier molecular flexibility index (Phi) is 3.54. The summed E-state index contributed by atoms with van der Waals surface area (Å²) in [5.74, 6) is 2.21. The van der Waals surface area contributed by atoms with Gasteiger partial charge in [-0.15, -0.1) is 0 Å². The first-order chi connectivity index (χ1) is 12.6. The lowest BCUT2D eigenvalue weighted by atomic mass is 9.73. The number of fused-ring (bicyclic) bond motifs is 1. The van der Waals surface area contributed by atoms with Crippen LogP contribution in [0.5, 0.6) is 5.75 Å². The third kappa shape index (κ3) is 2.21. The minimum Gasteiger partial charge on any atom is -0.488 e. The molecule has 3 heterocycles. The van der Waals surface area contributed by atoms with E-state index in [4.69, 9.17) is 14.2 Å². The number of nitrogens with zero attached hydrogens (tertiary/aromatic N) is 2. The Labute approximate surface area is 153 Å². The van der Waals surface area contributed by atoms with Crippen LogP contribution in [0.3, 0.4) is 0 Å². The fraction of sp³-hybridized carbons (Fsp3) is 0.600. The SMILES string of the molecule is C[C@@H]1C=C2C(=O)O[C@@H]3CCC(C1)[C@]23OCc1cnc2c(c1)OCCN2C. The summed E-state index contributed by atoms with van der Waals surface area (Å²) in [4.78, 5) is 19.0. The van der Waals surface area contributed by atoms with E-state index in [1.54, 1.807) is 0 Å². The number of carbonyl (C=O) groups excluding carboxylic acids is 1. The molecule has 6 heteroatoms. The summed E-state index contributed by atoms with van der Waals surface area (Å²) in [5, 5.41) is 0. The lowest BCUT2D eigenvalue weighted by molar-refractivity contribution is -0.142. The molecule has 2 aliphatic carbocycles. The van der Waals surface area contributed by atoms with Gasteiger partial charge in [-0.3, -0.25) is 0 Å². The van der Waals surface area contributed by atoms with Gasteiger partial charge in [-0.2, -0.15) is 0 Å². The highest BCUT2D eigenvalue weighted by molar-refractivity contribution is 5.94. The number of esters is 1. The van der Waals surface area contributed by atoms with Crippen molar-refractivity contribution in [3.63, 3.8) is 0 Å². The van der Waals surface area contributed by atoms with E-state index in [1.165, 1.54) is 0 Å². The highest BCUT2D eigenvalue weighted by Gasteiger charge is 2.63. The Morgan fingerprint density at radius 2 is 2.31 bits per heavy atom. The topological polar surface area (TPSA) is 60.9 Å². The van der Waals surface area contributed by atoms with Gasteiger partial charge < -0.3 is 19.1 Å². The second-order valence-electron chi connectivity index (χ2n) is 7.98. The molecule has 1 aromatic heterocycles. The van der Waals surface area contributed by atoms with Crippen molar-refractivity contribution in [2.75, 3.05) is 25.1 Å². The highest BCUT2D eigenvalue weighted by Crippen LogP contribution is 2.55. The second kappa shape index (κ2) is 5.71. The number of rotatable bonds is 3. The van der Waals surface area contributed by atoms with E-state index in [0.717, 1.165) is 48.5 Å². The van der Waals surface area contributed by atoms with Crippen molar-refractivity contribution in [2.24, 2.45) is 11.8 Å². The van der Waals surface area contributed by atoms with E-state index >= 15 is 0 Å². The van der Waals surface area contributed by atoms with Crippen molar-refractivity contribution in [1.82, 2.24) is 4.98 Å². The van der Waals surface area contributed by atoms with Crippen LogP contribution in [0.2, 0.25) is 0 Å². The van der Waals surface area contributed by atoms with Crippen molar-refractivity contribution in [2.45, 2.75) is 44.5 Å². The quantitative estimate of drug-likeness (QED) is 0.776. The Morgan fingerprint density at radius 1 is 1.42 bits per heavy atom. The molecule has 2 fully saturated rings. The minimum absolute atomic E-state index is 0.147. The molecule has 5 rings (SSSR count). The lowest BCUT2D eigenvalue weighted by Gasteiger charge is -2.38. The molecule has 1 aromatic rings. The smallest absolute Gasteiger partial charge is 0.337 e. The van der Waals surface area contributed by atoms with Crippen molar-refractivity contribution >= 4 is 11.8 Å². The summed E-state index contributed by atoms with van der Waals surface area (Å²) in [7, 11) is 2.02. The molecule has 1 saturated heterocycles. The molecule has 4 atom stereocenters. The molecule has 1 unspecified atom stereocenters. The van der Waals surface area contributed by atoms with E-state index in [9.17, 15) is 4.79 Å². The molecule has 1 saturated carbocycles. The number of anilines is 1. The van der Waals surface area contributed by atoms with Crippen LogP contribution in [0.25, 0.3) is 0 Å². The van der Waals surface area contributed by atoms with Gasteiger partial charge in [0.05, 0.1) is 18.7 Å². The maximum Gasteiger partial charge on any atom is 0.337 e. The first-order valence-corrected chi connectivity index (χ1v) is 9.48. The van der Waals surface area contributed by atoms with Crippen LogP contribution in [-0.2, 0) is 20.9 Å². The number of carbonyl (C=O) groups is 1. The van der Waals surface area contributed by atoms with Crippen LogP contribution >= 0.6 is 0 Å². The molecule has 0 amide bonds. The molecular formula is C20H24N2O4. The highest BCUT2D eigenvalue weighted by atomic mass is 16.6. The first-order valence-electron chi connectivity index (χ1n) is 9.48. The van der Waals surface area contributed by atoms with Crippen molar-refractivity contribution in [1.29, 1.82) is 0 Å². The largest absolute Gasteiger partial charge is 0.488 e. The van der Waals surface area contributed by atoms with Crippen LogP contribution in [0, 0.1) is 11.8 Å². The Morgan fingerprint density at radius 3 is 3.19 bits per heavy atom. The molecule has 0 N–H and O–H groups in total. The molecule has 0 spiro atoms. The molecular weight excluding hydrogens is 332 g/mol. The molecule has 138 valence electrons. The number of aromatic nitrogens is 1. The zero-order valence-corrected chi connectivity index (χ0v) is 15.2. The van der Waals surface area contributed by atoms with Crippen LogP contribution in [0.1, 0.15) is 31.7 Å². The molecule has 26 heavy (non-hydrogen) atoms. The van der Waals surface area contributed by atoms with Gasteiger partial charge in [-0.25, -0.2) is 9.78 Å². The van der Waals surface area contributed by atoms with Crippen molar-refractivity contribution in [3.8, 4) is 5.75 Å². The lowest BCUT2D eigenvalue weighted by Crippen LogP contribution is -2.46. The van der Waals surface area contributed by atoms with Crippen LogP contribution in [0.15, 0.2) is 23.9 Å². The van der Waals surface area contributed by atoms with Gasteiger partial charge in [-0.1, -0.05) is 13.0 Å². The van der Waals surface area contributed by atoms with Gasteiger partial charge >= 0.3 is 5.97 Å². The summed E-state index contributed by atoms with van der Waals surface area (Å²) in [6, 6.07) is 2.00. The maximum absolute atomic E-state index is 12.4. The number of hydrogen-bond donors (Lipinski definition) is 0. The van der Waals surface area contributed by atoms with Gasteiger partial charge in [0.1, 0.15) is 18.3 Å². The van der Waals surface area contributed by atoms with Gasteiger partial charge in [-0.05, 0) is 42.7 Å². The molecule has 0 bridgehead atoms. The summed E-state index contributed by atoms with van der Waals surface area (Å²) in [6.45, 7) is 4.07. The van der Waals surface area contributed by atoms with E-state index in [0.29, 0.717) is 25.0 Å². The summed E-state index contributed by atoms with van der Waals surface area (Å²) < 4.78 is 17.9. The van der Waals surface area contributed by atoms with Crippen LogP contribution < -0.4 is 9.64 Å². The standard InChI is InChI=1S/C20H24N2O4/c1-12-7-14-3-4-17-20(14,15(8-12)19(23)26-17)25-11-13-9-16-18(21-10-13)22(2)5-6-24-16/h8-10,12,14,17H,3-7,11H2,1-2H3/t12-,14?,17+,20-/m0/s1. The van der Waals surface area contributed by atoms with Gasteiger partial charge in [0.15, 0.2) is 11.6 Å². The van der Waals surface area contributed by atoms with Crippen LogP contribution in [0.4, 0.5) is 5.82 Å². The summed E-state index contributed by atoms with van der Waals surface area (Å²) >= 11 is 0. The van der Waals surface area contributed by atoms with E-state index in [2.05, 4.69) is 22.9 Å². The fourth-order valence-corrected chi connectivity index (χ4v) is 5.07. The molecule has 6 nitrogen and oxygen atoms in total. The fourth-order valence-electron chi connectivity index (χ4n) is 5.07. The van der Waals surface area contributed by atoms with E-state index < -0.39 is 5.60 Å². The van der Waals surface area contributed by atoms with Gasteiger partial charge in [0, 0.05) is 13.2 Å². The van der Waals surface area contributed by atoms with Gasteiger partial charge in [0.2, 0.25) is 0 Å². The average molecular weight is 356 g/mol. The Hall–Kier alpha value is -2.08. The van der Waals surface area contributed by atoms with Crippen molar-refractivity contribution in [3.05, 3.63) is 29.5 Å². The first kappa shape index (κ1) is 16.1. The number of pyridine rings is 1. The van der Waals surface area contributed by atoms with Gasteiger partial charge in [0.25, 0.3) is 0 Å². The number of hydrogen-bond acceptors (Lipinski definition) is 6. The summed E-state index contributed by atoms with van der Waals surface area (Å²) in [6.07, 6.45) is 6.74.